The van der Waals surface area contributed by atoms with Crippen LogP contribution >= 0.6 is 0 Å². The van der Waals surface area contributed by atoms with Gasteiger partial charge in [0.1, 0.15) is 18.1 Å². The molecular formula is C21H32N4O6. The number of aliphatic carboxylic acids is 1. The topological polar surface area (TPSA) is 171 Å². The number of carbonyl (C=O) groups excluding carboxylic acids is 3. The van der Waals surface area contributed by atoms with Crippen molar-refractivity contribution in [3.63, 3.8) is 0 Å². The van der Waals surface area contributed by atoms with Crippen molar-refractivity contribution >= 4 is 23.7 Å². The number of hydrogen-bond donors (Lipinski definition) is 6. The molecule has 0 aliphatic carbocycles. The Hall–Kier alpha value is -2.98. The molecule has 172 valence electrons. The molecule has 0 aliphatic heterocycles. The zero-order valence-corrected chi connectivity index (χ0v) is 18.2. The lowest BCUT2D eigenvalue weighted by Gasteiger charge is -2.25. The van der Waals surface area contributed by atoms with Crippen molar-refractivity contribution < 1.29 is 29.4 Å². The van der Waals surface area contributed by atoms with E-state index in [1.165, 1.54) is 13.8 Å². The van der Waals surface area contributed by atoms with Crippen LogP contribution in [-0.2, 0) is 25.6 Å². The van der Waals surface area contributed by atoms with E-state index in [1.54, 1.807) is 44.2 Å². The van der Waals surface area contributed by atoms with Crippen molar-refractivity contribution in [1.82, 2.24) is 16.0 Å². The Labute approximate surface area is 181 Å². The fourth-order valence-corrected chi connectivity index (χ4v) is 2.67. The standard InChI is InChI=1S/C21H32N4O6/c1-11(2)16(22)19(28)25-17(13(4)26)20(29)23-12(3)18(27)24-15(21(30)31)10-14-8-6-5-7-9-14/h5-9,11-13,15-17,26H,10,22H2,1-4H3,(H,23,29)(H,24,27)(H,25,28)(H,30,31). The van der Waals surface area contributed by atoms with Crippen molar-refractivity contribution in [2.45, 2.75) is 64.4 Å². The molecule has 0 fully saturated rings. The van der Waals surface area contributed by atoms with Gasteiger partial charge in [-0.3, -0.25) is 14.4 Å². The van der Waals surface area contributed by atoms with Gasteiger partial charge in [-0.15, -0.1) is 0 Å². The van der Waals surface area contributed by atoms with E-state index in [1.807, 2.05) is 0 Å². The summed E-state index contributed by atoms with van der Waals surface area (Å²) in [7, 11) is 0. The van der Waals surface area contributed by atoms with Crippen molar-refractivity contribution in [3.05, 3.63) is 35.9 Å². The Morgan fingerprint density at radius 2 is 1.48 bits per heavy atom. The summed E-state index contributed by atoms with van der Waals surface area (Å²) in [5.41, 5.74) is 6.49. The number of carboxylic acids is 1. The fourth-order valence-electron chi connectivity index (χ4n) is 2.67. The van der Waals surface area contributed by atoms with E-state index >= 15 is 0 Å². The molecule has 0 aliphatic rings. The van der Waals surface area contributed by atoms with Crippen molar-refractivity contribution in [1.29, 1.82) is 0 Å². The van der Waals surface area contributed by atoms with Crippen molar-refractivity contribution in [2.75, 3.05) is 0 Å². The summed E-state index contributed by atoms with van der Waals surface area (Å²) in [5, 5.41) is 26.5. The van der Waals surface area contributed by atoms with Gasteiger partial charge in [0.05, 0.1) is 12.1 Å². The van der Waals surface area contributed by atoms with Gasteiger partial charge in [-0.2, -0.15) is 0 Å². The Balaban J connectivity index is 2.75. The molecule has 10 heteroatoms. The van der Waals surface area contributed by atoms with E-state index in [0.717, 1.165) is 5.56 Å². The van der Waals surface area contributed by atoms with E-state index in [4.69, 9.17) is 5.73 Å². The SMILES string of the molecule is CC(NC(=O)C(NC(=O)C(N)C(C)C)C(C)O)C(=O)NC(Cc1ccccc1)C(=O)O. The minimum atomic E-state index is -1.33. The quantitative estimate of drug-likeness (QED) is 0.262. The zero-order valence-electron chi connectivity index (χ0n) is 18.2. The summed E-state index contributed by atoms with van der Waals surface area (Å²) in [6.07, 6.45) is -1.18. The van der Waals surface area contributed by atoms with Crippen LogP contribution in [0, 0.1) is 5.92 Å². The first-order valence-corrected chi connectivity index (χ1v) is 10.1. The number of nitrogens with one attached hydrogen (secondary N) is 3. The first-order valence-electron chi connectivity index (χ1n) is 10.1. The maximum Gasteiger partial charge on any atom is 0.326 e. The Kier molecular flexibility index (Phi) is 10.1. The average Bonchev–Trinajstić information content (AvgIpc) is 2.70. The van der Waals surface area contributed by atoms with Gasteiger partial charge in [0, 0.05) is 6.42 Å². The first-order chi connectivity index (χ1) is 14.4. The van der Waals surface area contributed by atoms with Gasteiger partial charge >= 0.3 is 5.97 Å². The van der Waals surface area contributed by atoms with Crippen LogP contribution in [0.3, 0.4) is 0 Å². The molecule has 0 radical (unpaired) electrons. The van der Waals surface area contributed by atoms with Crippen molar-refractivity contribution in [3.8, 4) is 0 Å². The van der Waals surface area contributed by atoms with Gasteiger partial charge in [-0.1, -0.05) is 44.2 Å². The Morgan fingerprint density at radius 3 is 1.97 bits per heavy atom. The van der Waals surface area contributed by atoms with E-state index < -0.39 is 54.0 Å². The zero-order chi connectivity index (χ0) is 23.7. The number of carbonyl (C=O) groups is 4. The highest BCUT2D eigenvalue weighted by Gasteiger charge is 2.31. The van der Waals surface area contributed by atoms with Gasteiger partial charge in [0.15, 0.2) is 0 Å². The van der Waals surface area contributed by atoms with Crippen LogP contribution in [0.25, 0.3) is 0 Å². The lowest BCUT2D eigenvalue weighted by atomic mass is 10.0. The lowest BCUT2D eigenvalue weighted by Crippen LogP contribution is -2.59. The third-order valence-corrected chi connectivity index (χ3v) is 4.73. The Bertz CT molecular complexity index is 768. The van der Waals surface area contributed by atoms with Crippen LogP contribution in [0.1, 0.15) is 33.3 Å². The number of carboxylic acid groups (broad SMARTS) is 1. The summed E-state index contributed by atoms with van der Waals surface area (Å²) in [6, 6.07) is 4.30. The second kappa shape index (κ2) is 12.0. The minimum Gasteiger partial charge on any atom is -0.480 e. The molecule has 0 spiro atoms. The van der Waals surface area contributed by atoms with Gasteiger partial charge in [0.2, 0.25) is 17.7 Å². The fraction of sp³-hybridized carbons (Fsp3) is 0.524. The largest absolute Gasteiger partial charge is 0.480 e. The van der Waals surface area contributed by atoms with Gasteiger partial charge < -0.3 is 31.9 Å². The van der Waals surface area contributed by atoms with Crippen LogP contribution in [0.4, 0.5) is 0 Å². The molecular weight excluding hydrogens is 404 g/mol. The number of aliphatic hydroxyl groups excluding tert-OH is 1. The maximum absolute atomic E-state index is 12.5. The highest BCUT2D eigenvalue weighted by atomic mass is 16.4. The van der Waals surface area contributed by atoms with Crippen LogP contribution in [0.15, 0.2) is 30.3 Å². The molecule has 5 atom stereocenters. The molecule has 1 aromatic rings. The molecule has 7 N–H and O–H groups in total. The second-order valence-electron chi connectivity index (χ2n) is 7.82. The predicted molar refractivity (Wildman–Crippen MR) is 114 cm³/mol. The third-order valence-electron chi connectivity index (χ3n) is 4.73. The van der Waals surface area contributed by atoms with Crippen molar-refractivity contribution in [2.24, 2.45) is 11.7 Å². The van der Waals surface area contributed by atoms with E-state index in [-0.39, 0.29) is 12.3 Å². The maximum atomic E-state index is 12.5. The van der Waals surface area contributed by atoms with Crippen LogP contribution in [0.2, 0.25) is 0 Å². The molecule has 1 rings (SSSR count). The van der Waals surface area contributed by atoms with E-state index in [0.29, 0.717) is 0 Å². The summed E-state index contributed by atoms with van der Waals surface area (Å²) >= 11 is 0. The monoisotopic (exact) mass is 436 g/mol. The molecule has 1 aromatic carbocycles. The lowest BCUT2D eigenvalue weighted by molar-refractivity contribution is -0.142. The molecule has 0 aromatic heterocycles. The second-order valence-corrected chi connectivity index (χ2v) is 7.82. The highest BCUT2D eigenvalue weighted by molar-refractivity contribution is 5.94. The number of aliphatic hydroxyl groups is 1. The third kappa shape index (κ3) is 8.35. The number of hydrogen-bond acceptors (Lipinski definition) is 6. The van der Waals surface area contributed by atoms with Gasteiger partial charge in [0.25, 0.3) is 0 Å². The average molecular weight is 437 g/mol. The van der Waals surface area contributed by atoms with Crippen LogP contribution in [0.5, 0.6) is 0 Å². The van der Waals surface area contributed by atoms with Gasteiger partial charge in [-0.25, -0.2) is 4.79 Å². The normalized spacial score (nSPS) is 15.8. The molecule has 3 amide bonds. The highest BCUT2D eigenvalue weighted by Crippen LogP contribution is 2.05. The number of amides is 3. The van der Waals surface area contributed by atoms with Crippen LogP contribution < -0.4 is 21.7 Å². The molecule has 0 bridgehead atoms. The first kappa shape index (κ1) is 26.1. The molecule has 0 saturated carbocycles. The Morgan fingerprint density at radius 1 is 0.903 bits per heavy atom. The number of nitrogens with two attached hydrogens (primary N) is 1. The molecule has 5 unspecified atom stereocenters. The van der Waals surface area contributed by atoms with Crippen LogP contribution in [-0.4, -0.2) is 64.2 Å². The molecule has 0 saturated heterocycles. The van der Waals surface area contributed by atoms with E-state index in [9.17, 15) is 29.4 Å². The molecule has 10 nitrogen and oxygen atoms in total. The summed E-state index contributed by atoms with van der Waals surface area (Å²) < 4.78 is 0. The molecule has 31 heavy (non-hydrogen) atoms. The summed E-state index contributed by atoms with van der Waals surface area (Å²) in [5.74, 6) is -3.52. The minimum absolute atomic E-state index is 0.0715. The number of benzene rings is 1. The summed E-state index contributed by atoms with van der Waals surface area (Å²) in [4.78, 5) is 48.6. The molecule has 0 heterocycles. The number of rotatable bonds is 11. The summed E-state index contributed by atoms with van der Waals surface area (Å²) in [6.45, 7) is 6.16. The smallest absolute Gasteiger partial charge is 0.326 e. The van der Waals surface area contributed by atoms with Gasteiger partial charge in [-0.05, 0) is 25.3 Å². The van der Waals surface area contributed by atoms with E-state index in [2.05, 4.69) is 16.0 Å². The predicted octanol–water partition coefficient (Wildman–Crippen LogP) is -0.848.